The van der Waals surface area contributed by atoms with Gasteiger partial charge in [0.05, 0.1) is 0 Å². The number of nitrogens with zero attached hydrogens (tertiary/aromatic N) is 3. The van der Waals surface area contributed by atoms with Gasteiger partial charge in [-0.3, -0.25) is 0 Å². The smallest absolute Gasteiger partial charge is 0.136 e. The molecule has 0 amide bonds. The highest BCUT2D eigenvalue weighted by molar-refractivity contribution is 5.27. The van der Waals surface area contributed by atoms with Crippen molar-refractivity contribution in [2.75, 3.05) is 19.6 Å². The van der Waals surface area contributed by atoms with Crippen molar-refractivity contribution in [2.24, 2.45) is 5.92 Å². The van der Waals surface area contributed by atoms with Crippen molar-refractivity contribution in [3.8, 4) is 5.82 Å². The van der Waals surface area contributed by atoms with Crippen molar-refractivity contribution in [1.82, 2.24) is 19.8 Å². The quantitative estimate of drug-likeness (QED) is 0.853. The highest BCUT2D eigenvalue weighted by Gasteiger charge is 2.23. The van der Waals surface area contributed by atoms with Gasteiger partial charge in [-0.25, -0.2) is 4.98 Å². The lowest BCUT2D eigenvalue weighted by Crippen LogP contribution is -2.47. The molecule has 4 nitrogen and oxygen atoms in total. The largest absolute Gasteiger partial charge is 0.307 e. The van der Waals surface area contributed by atoms with Crippen LogP contribution in [0.1, 0.15) is 50.6 Å². The minimum atomic E-state index is 0.611. The molecule has 4 heteroatoms. The Morgan fingerprint density at radius 1 is 1.00 bits per heavy atom. The minimum absolute atomic E-state index is 0.611. The average molecular weight is 353 g/mol. The standard InChI is InChI=1S/C22H32N4/c1-2-8-19(9-3-1)17-25-14-6-10-20(18-25)24-16-21-11-7-15-26(21)22-12-4-5-13-23-22/h4-5,7,11-13,15,19-20,24H,1-3,6,8-10,14,16-18H2/t20-/m1/s1. The number of aromatic nitrogens is 2. The van der Waals surface area contributed by atoms with E-state index in [1.165, 1.54) is 70.3 Å². The first-order valence-electron chi connectivity index (χ1n) is 10.4. The highest BCUT2D eigenvalue weighted by atomic mass is 15.2. The molecule has 3 heterocycles. The Morgan fingerprint density at radius 2 is 1.92 bits per heavy atom. The zero-order chi connectivity index (χ0) is 17.6. The molecular weight excluding hydrogens is 320 g/mol. The Labute approximate surface area is 157 Å². The van der Waals surface area contributed by atoms with Crippen LogP contribution in [0.25, 0.3) is 5.82 Å². The molecule has 1 N–H and O–H groups in total. The molecule has 0 bridgehead atoms. The lowest BCUT2D eigenvalue weighted by molar-refractivity contribution is 0.149. The van der Waals surface area contributed by atoms with Crippen LogP contribution in [0.2, 0.25) is 0 Å². The Bertz CT molecular complexity index is 660. The number of likely N-dealkylation sites (tertiary alicyclic amines) is 1. The summed E-state index contributed by atoms with van der Waals surface area (Å²) in [6.07, 6.45) is 13.8. The normalized spacial score (nSPS) is 22.5. The summed E-state index contributed by atoms with van der Waals surface area (Å²) in [4.78, 5) is 7.20. The fourth-order valence-corrected chi connectivity index (χ4v) is 4.65. The molecule has 0 spiro atoms. The van der Waals surface area contributed by atoms with Crippen LogP contribution in [-0.4, -0.2) is 40.1 Å². The van der Waals surface area contributed by atoms with Gasteiger partial charge in [0.1, 0.15) is 5.82 Å². The van der Waals surface area contributed by atoms with Crippen molar-refractivity contribution in [1.29, 1.82) is 0 Å². The summed E-state index contributed by atoms with van der Waals surface area (Å²) in [7, 11) is 0. The first-order valence-corrected chi connectivity index (χ1v) is 10.4. The van der Waals surface area contributed by atoms with E-state index in [4.69, 9.17) is 0 Å². The van der Waals surface area contributed by atoms with Crippen LogP contribution in [0.5, 0.6) is 0 Å². The van der Waals surface area contributed by atoms with E-state index in [0.717, 1.165) is 18.3 Å². The molecule has 0 unspecified atom stereocenters. The predicted octanol–water partition coefficient (Wildman–Crippen LogP) is 4.01. The lowest BCUT2D eigenvalue weighted by Gasteiger charge is -2.36. The first-order chi connectivity index (χ1) is 12.9. The topological polar surface area (TPSA) is 33.1 Å². The van der Waals surface area contributed by atoms with Gasteiger partial charge in [0.2, 0.25) is 0 Å². The average Bonchev–Trinajstić information content (AvgIpc) is 3.17. The summed E-state index contributed by atoms with van der Waals surface area (Å²) < 4.78 is 2.19. The van der Waals surface area contributed by atoms with Gasteiger partial charge in [-0.05, 0) is 62.4 Å². The van der Waals surface area contributed by atoms with E-state index in [1.807, 2.05) is 18.3 Å². The second-order valence-electron chi connectivity index (χ2n) is 8.04. The van der Waals surface area contributed by atoms with Gasteiger partial charge >= 0.3 is 0 Å². The Balaban J connectivity index is 1.30. The number of hydrogen-bond donors (Lipinski definition) is 1. The molecule has 1 aliphatic heterocycles. The van der Waals surface area contributed by atoms with Crippen molar-refractivity contribution < 1.29 is 0 Å². The molecule has 2 aromatic rings. The number of pyridine rings is 1. The third-order valence-corrected chi connectivity index (χ3v) is 6.05. The zero-order valence-electron chi connectivity index (χ0n) is 15.8. The summed E-state index contributed by atoms with van der Waals surface area (Å²) >= 11 is 0. The van der Waals surface area contributed by atoms with Gasteiger partial charge in [0.25, 0.3) is 0 Å². The third kappa shape index (κ3) is 4.54. The van der Waals surface area contributed by atoms with Crippen LogP contribution in [0.3, 0.4) is 0 Å². The van der Waals surface area contributed by atoms with Gasteiger partial charge in [0, 0.05) is 43.8 Å². The van der Waals surface area contributed by atoms with Gasteiger partial charge in [0.15, 0.2) is 0 Å². The molecule has 0 aromatic carbocycles. The number of rotatable bonds is 6. The van der Waals surface area contributed by atoms with E-state index in [9.17, 15) is 0 Å². The van der Waals surface area contributed by atoms with Crippen LogP contribution in [0.15, 0.2) is 42.7 Å². The molecule has 1 aliphatic carbocycles. The molecule has 2 fully saturated rings. The van der Waals surface area contributed by atoms with Crippen molar-refractivity contribution in [3.05, 3.63) is 48.4 Å². The van der Waals surface area contributed by atoms with Crippen LogP contribution >= 0.6 is 0 Å². The molecule has 1 saturated carbocycles. The first kappa shape index (κ1) is 17.7. The fourth-order valence-electron chi connectivity index (χ4n) is 4.65. The third-order valence-electron chi connectivity index (χ3n) is 6.05. The summed E-state index contributed by atoms with van der Waals surface area (Å²) in [6, 6.07) is 11.0. The van der Waals surface area contributed by atoms with Crippen molar-refractivity contribution in [2.45, 2.75) is 57.5 Å². The molecule has 2 aliphatic rings. The van der Waals surface area contributed by atoms with E-state index in [-0.39, 0.29) is 0 Å². The highest BCUT2D eigenvalue weighted by Crippen LogP contribution is 2.25. The van der Waals surface area contributed by atoms with Crippen molar-refractivity contribution in [3.63, 3.8) is 0 Å². The minimum Gasteiger partial charge on any atom is -0.307 e. The maximum Gasteiger partial charge on any atom is 0.136 e. The Kier molecular flexibility index (Phi) is 6.03. The second-order valence-corrected chi connectivity index (χ2v) is 8.04. The van der Waals surface area contributed by atoms with Gasteiger partial charge in [-0.2, -0.15) is 0 Å². The van der Waals surface area contributed by atoms with E-state index in [0.29, 0.717) is 6.04 Å². The summed E-state index contributed by atoms with van der Waals surface area (Å²) in [5, 5.41) is 3.81. The van der Waals surface area contributed by atoms with E-state index >= 15 is 0 Å². The Hall–Kier alpha value is -1.65. The summed E-state index contributed by atoms with van der Waals surface area (Å²) in [5.74, 6) is 1.95. The van der Waals surface area contributed by atoms with Crippen molar-refractivity contribution >= 4 is 0 Å². The number of nitrogens with one attached hydrogen (secondary N) is 1. The second kappa shape index (κ2) is 8.83. The van der Waals surface area contributed by atoms with Gasteiger partial charge in [-0.1, -0.05) is 25.3 Å². The molecular formula is C22H32N4. The predicted molar refractivity (Wildman–Crippen MR) is 106 cm³/mol. The van der Waals surface area contributed by atoms with E-state index in [2.05, 4.69) is 44.2 Å². The van der Waals surface area contributed by atoms with E-state index in [1.54, 1.807) is 0 Å². The van der Waals surface area contributed by atoms with Crippen LogP contribution in [0, 0.1) is 5.92 Å². The molecule has 140 valence electrons. The molecule has 1 saturated heterocycles. The molecule has 26 heavy (non-hydrogen) atoms. The number of hydrogen-bond acceptors (Lipinski definition) is 3. The Morgan fingerprint density at radius 3 is 2.77 bits per heavy atom. The molecule has 1 atom stereocenters. The molecule has 0 radical (unpaired) electrons. The van der Waals surface area contributed by atoms with E-state index < -0.39 is 0 Å². The van der Waals surface area contributed by atoms with Crippen LogP contribution < -0.4 is 5.32 Å². The SMILES string of the molecule is c1ccc(-n2cccc2CN[C@@H]2CCCN(CC3CCCCC3)C2)nc1. The zero-order valence-corrected chi connectivity index (χ0v) is 15.8. The molecule has 4 rings (SSSR count). The maximum absolute atomic E-state index is 4.48. The maximum atomic E-state index is 4.48. The summed E-state index contributed by atoms with van der Waals surface area (Å²) in [5.41, 5.74) is 1.29. The van der Waals surface area contributed by atoms with Crippen LogP contribution in [-0.2, 0) is 6.54 Å². The van der Waals surface area contributed by atoms with Gasteiger partial charge < -0.3 is 14.8 Å². The summed E-state index contributed by atoms with van der Waals surface area (Å²) in [6.45, 7) is 4.73. The fraction of sp³-hybridized carbons (Fsp3) is 0.591. The monoisotopic (exact) mass is 352 g/mol. The lowest BCUT2D eigenvalue weighted by atomic mass is 9.88. The van der Waals surface area contributed by atoms with Crippen LogP contribution in [0.4, 0.5) is 0 Å². The van der Waals surface area contributed by atoms with Gasteiger partial charge in [-0.15, -0.1) is 0 Å². The number of piperidine rings is 1. The molecule has 2 aromatic heterocycles.